The molecule has 0 bridgehead atoms. The Kier molecular flexibility index (Phi) is 37.4. The van der Waals surface area contributed by atoms with Gasteiger partial charge in [-0.1, -0.05) is 13.8 Å². The molecule has 0 spiro atoms. The average Bonchev–Trinajstić information content (AvgIpc) is 2.93. The van der Waals surface area contributed by atoms with Crippen molar-refractivity contribution in [2.75, 3.05) is 26.4 Å². The molecule has 254 valence electrons. The Balaban J connectivity index is -0.000000119. The number of nitrogens with one attached hydrogen (secondary N) is 1. The summed E-state index contributed by atoms with van der Waals surface area (Å²) in [6.07, 6.45) is -17.2. The minimum absolute atomic E-state index is 0. The van der Waals surface area contributed by atoms with Gasteiger partial charge in [0, 0.05) is 31.4 Å². The van der Waals surface area contributed by atoms with Crippen LogP contribution in [0.3, 0.4) is 0 Å². The summed E-state index contributed by atoms with van der Waals surface area (Å²) >= 11 is 0. The van der Waals surface area contributed by atoms with Crippen molar-refractivity contribution in [3.63, 3.8) is 0 Å². The number of hydrogen-bond acceptors (Lipinski definition) is 16. The zero-order chi connectivity index (χ0) is 33.2. The van der Waals surface area contributed by atoms with Crippen molar-refractivity contribution in [2.45, 2.75) is 75.2 Å². The summed E-state index contributed by atoms with van der Waals surface area (Å²) in [7, 11) is 0. The number of carbonyl (C=O) groups excluding carboxylic acids is 1. The number of rotatable bonds is 16. The number of hydrogen-bond donors (Lipinski definition) is 16. The molecule has 0 aromatic heterocycles. The standard InChI is InChI=1S/C9H17NO5.2C6H12O7.Ca.Mg.Zn.4H/c1-9(2,5-11)7(14)8(15)10-4-3-6(12)13;2*7-1-2(8)3(9)4(10)5(11)6(12)13;;;;;;;/h7,11,14H,3-5H2,1-2H3,(H,10,15)(H,12,13);2*2-5,7-11H,1H2,(H,12,13);;;;;;;. The van der Waals surface area contributed by atoms with Gasteiger partial charge in [0.15, 0.2) is 12.2 Å². The predicted molar refractivity (Wildman–Crippen MR) is 147 cm³/mol. The molecule has 9 atom stereocenters. The number of amides is 1. The Labute approximate surface area is 309 Å². The summed E-state index contributed by atoms with van der Waals surface area (Å²) in [6.45, 7) is 1.02. The number of carboxylic acid groups (broad SMARTS) is 3. The molecule has 0 saturated carbocycles. The minimum Gasteiger partial charge on any atom is 0 e. The summed E-state index contributed by atoms with van der Waals surface area (Å²) in [4.78, 5) is 41.6. The van der Waals surface area contributed by atoms with Gasteiger partial charge in [-0.05, 0) is 0 Å². The van der Waals surface area contributed by atoms with Gasteiger partial charge in [0.2, 0.25) is 5.91 Å². The fraction of sp³-hybridized carbons (Fsp3) is 0.810. The van der Waals surface area contributed by atoms with Gasteiger partial charge in [0.25, 0.3) is 0 Å². The Morgan fingerprint density at radius 1 is 0.659 bits per heavy atom. The molecule has 0 aliphatic carbocycles. The van der Waals surface area contributed by atoms with E-state index in [1.807, 2.05) is 0 Å². The van der Waals surface area contributed by atoms with Crippen LogP contribution in [0.2, 0.25) is 0 Å². The maximum Gasteiger partial charge on any atom is 0.316 e. The monoisotopic (exact) mass is 743 g/mol. The van der Waals surface area contributed by atoms with Crippen LogP contribution in [0.1, 0.15) is 20.3 Å². The van der Waals surface area contributed by atoms with Crippen LogP contribution in [0.4, 0.5) is 0 Å². The first-order chi connectivity index (χ1) is 18.6. The second kappa shape index (κ2) is 29.2. The molecule has 16 N–H and O–H groups in total. The van der Waals surface area contributed by atoms with Crippen molar-refractivity contribution in [3.05, 3.63) is 0 Å². The van der Waals surface area contributed by atoms with Crippen LogP contribution in [-0.4, -0.2) is 243 Å². The number of carbonyl (C=O) groups is 4. The first-order valence-electron chi connectivity index (χ1n) is 11.5. The van der Waals surface area contributed by atoms with Gasteiger partial charge in [-0.3, -0.25) is 9.59 Å². The van der Waals surface area contributed by atoms with E-state index in [-0.39, 0.29) is 99.8 Å². The number of aliphatic hydroxyl groups is 12. The molecule has 0 aliphatic heterocycles. The van der Waals surface area contributed by atoms with Gasteiger partial charge >= 0.3 is 78.7 Å². The molecule has 0 heterocycles. The van der Waals surface area contributed by atoms with Crippen LogP contribution >= 0.6 is 0 Å². The fourth-order valence-electron chi connectivity index (χ4n) is 2.17. The van der Waals surface area contributed by atoms with Crippen LogP contribution in [-0.2, 0) is 38.7 Å². The van der Waals surface area contributed by atoms with Crippen molar-refractivity contribution >= 4 is 84.6 Å². The zero-order valence-corrected chi connectivity index (χ0v) is 25.7. The predicted octanol–water partition coefficient (Wildman–Crippen LogP) is -9.86. The third kappa shape index (κ3) is 23.4. The van der Waals surface area contributed by atoms with Gasteiger partial charge < -0.3 is 81.9 Å². The molecule has 0 aromatic rings. The third-order valence-corrected chi connectivity index (χ3v) is 5.05. The SMILES string of the molecule is CC(C)(CO)C(O)C(=O)NCCC(=O)O.O=C(O)C(O)C(O)C(O)C(O)CO.O=C(O)C(O)C(O)C(O)C(O)CO.[CaH2].[MgH2].[Zn]. The smallest absolute Gasteiger partial charge is 0 e. The molecule has 0 aliphatic rings. The van der Waals surface area contributed by atoms with E-state index in [4.69, 9.17) is 71.5 Å². The van der Waals surface area contributed by atoms with E-state index >= 15 is 0 Å². The number of aliphatic carboxylic acids is 3. The van der Waals surface area contributed by atoms with Gasteiger partial charge in [-0.15, -0.1) is 0 Å². The van der Waals surface area contributed by atoms with Gasteiger partial charge in [-0.2, -0.15) is 0 Å². The summed E-state index contributed by atoms with van der Waals surface area (Å²) in [5.74, 6) is -5.14. The van der Waals surface area contributed by atoms with E-state index in [1.165, 1.54) is 13.8 Å². The van der Waals surface area contributed by atoms with Crippen molar-refractivity contribution in [2.24, 2.45) is 5.41 Å². The fourth-order valence-corrected chi connectivity index (χ4v) is 2.17. The molecule has 20 nitrogen and oxygen atoms in total. The summed E-state index contributed by atoms with van der Waals surface area (Å²) in [6, 6.07) is 0. The van der Waals surface area contributed by atoms with Crippen molar-refractivity contribution in [1.29, 1.82) is 0 Å². The molecule has 1 amide bonds. The van der Waals surface area contributed by atoms with Gasteiger partial charge in [-0.25, -0.2) is 9.59 Å². The molecule has 0 rings (SSSR count). The maximum absolute atomic E-state index is 11.3. The van der Waals surface area contributed by atoms with Gasteiger partial charge in [0.1, 0.15) is 42.7 Å². The maximum atomic E-state index is 11.3. The summed E-state index contributed by atoms with van der Waals surface area (Å²) in [5.41, 5.74) is -0.937. The molecular formula is C21H45CaMgNO19Zn. The Morgan fingerprint density at radius 3 is 1.20 bits per heavy atom. The number of aliphatic hydroxyl groups excluding tert-OH is 12. The van der Waals surface area contributed by atoms with E-state index in [2.05, 4.69) is 5.32 Å². The quantitative estimate of drug-likeness (QED) is 0.0652. The van der Waals surface area contributed by atoms with Gasteiger partial charge in [0.05, 0.1) is 26.2 Å². The minimum atomic E-state index is -2.20. The Bertz CT molecular complexity index is 762. The normalized spacial score (nSPS) is 16.6. The van der Waals surface area contributed by atoms with E-state index in [9.17, 15) is 24.3 Å². The van der Waals surface area contributed by atoms with Crippen LogP contribution < -0.4 is 5.32 Å². The Hall–Kier alpha value is 0.0494. The van der Waals surface area contributed by atoms with E-state index in [0.717, 1.165) is 0 Å². The largest absolute Gasteiger partial charge is 0.316 e. The second-order valence-electron chi connectivity index (χ2n) is 9.01. The molecule has 0 fully saturated rings. The van der Waals surface area contributed by atoms with Crippen molar-refractivity contribution in [1.82, 2.24) is 5.32 Å². The van der Waals surface area contributed by atoms with Crippen LogP contribution in [0.5, 0.6) is 0 Å². The molecule has 23 heteroatoms. The van der Waals surface area contributed by atoms with Crippen molar-refractivity contribution < 1.29 is 115 Å². The molecule has 0 radical (unpaired) electrons. The second-order valence-corrected chi connectivity index (χ2v) is 9.01. The zero-order valence-electron chi connectivity index (χ0n) is 22.8. The summed E-state index contributed by atoms with van der Waals surface area (Å²) in [5, 5.41) is 133. The average molecular weight is 745 g/mol. The van der Waals surface area contributed by atoms with E-state index < -0.39 is 97.4 Å². The molecule has 9 unspecified atom stereocenters. The molecule has 44 heavy (non-hydrogen) atoms. The molecule has 0 saturated heterocycles. The molecular weight excluding hydrogens is 700 g/mol. The van der Waals surface area contributed by atoms with Crippen LogP contribution in [0.15, 0.2) is 0 Å². The van der Waals surface area contributed by atoms with E-state index in [1.54, 1.807) is 0 Å². The summed E-state index contributed by atoms with van der Waals surface area (Å²) < 4.78 is 0. The molecule has 0 aromatic carbocycles. The first-order valence-corrected chi connectivity index (χ1v) is 11.5. The number of carboxylic acids is 3. The van der Waals surface area contributed by atoms with E-state index in [0.29, 0.717) is 0 Å². The topological polar surface area (TPSA) is 384 Å². The third-order valence-electron chi connectivity index (χ3n) is 5.05. The van der Waals surface area contributed by atoms with Crippen LogP contribution in [0, 0.1) is 5.41 Å². The first kappa shape index (κ1) is 56.4. The van der Waals surface area contributed by atoms with Crippen molar-refractivity contribution in [3.8, 4) is 0 Å². The van der Waals surface area contributed by atoms with Crippen LogP contribution in [0.25, 0.3) is 0 Å². The Morgan fingerprint density at radius 2 is 0.977 bits per heavy atom.